The fourth-order valence-corrected chi connectivity index (χ4v) is 3.04. The van der Waals surface area contributed by atoms with Crippen molar-refractivity contribution in [2.45, 2.75) is 32.4 Å². The molecule has 0 amide bonds. The van der Waals surface area contributed by atoms with Crippen LogP contribution in [0.25, 0.3) is 10.9 Å². The van der Waals surface area contributed by atoms with E-state index in [1.807, 2.05) is 0 Å². The van der Waals surface area contributed by atoms with Gasteiger partial charge in [0.05, 0.1) is 0 Å². The maximum absolute atomic E-state index is 3.54. The Hall–Kier alpha value is -1.32. The van der Waals surface area contributed by atoms with Gasteiger partial charge in [-0.05, 0) is 31.9 Å². The third-order valence-electron chi connectivity index (χ3n) is 4.51. The van der Waals surface area contributed by atoms with Crippen molar-refractivity contribution in [3.05, 3.63) is 36.0 Å². The summed E-state index contributed by atoms with van der Waals surface area (Å²) in [5.41, 5.74) is 2.69. The van der Waals surface area contributed by atoms with Gasteiger partial charge >= 0.3 is 0 Å². The van der Waals surface area contributed by atoms with Gasteiger partial charge in [0.15, 0.2) is 0 Å². The Balaban J connectivity index is 1.69. The number of benzene rings is 1. The van der Waals surface area contributed by atoms with Crippen molar-refractivity contribution in [1.29, 1.82) is 0 Å². The van der Waals surface area contributed by atoms with Gasteiger partial charge in [-0.25, -0.2) is 0 Å². The van der Waals surface area contributed by atoms with Gasteiger partial charge in [-0.3, -0.25) is 4.90 Å². The standard InChI is InChI=1S/C16H23N3/c1-12-13(2)19(10-8-17-12)9-7-14-11-18-16-6-4-3-5-15(14)16/h3-6,11-13,17-18H,7-10H2,1-2H3. The first-order chi connectivity index (χ1) is 9.25. The topological polar surface area (TPSA) is 31.1 Å². The lowest BCUT2D eigenvalue weighted by atomic mass is 10.1. The summed E-state index contributed by atoms with van der Waals surface area (Å²) in [4.78, 5) is 5.97. The predicted molar refractivity (Wildman–Crippen MR) is 80.5 cm³/mol. The largest absolute Gasteiger partial charge is 0.361 e. The van der Waals surface area contributed by atoms with Crippen LogP contribution in [0.1, 0.15) is 19.4 Å². The fraction of sp³-hybridized carbons (Fsp3) is 0.500. The molecule has 1 saturated heterocycles. The lowest BCUT2D eigenvalue weighted by molar-refractivity contribution is 0.140. The van der Waals surface area contributed by atoms with Crippen LogP contribution < -0.4 is 5.32 Å². The summed E-state index contributed by atoms with van der Waals surface area (Å²) in [5, 5.41) is 4.91. The van der Waals surface area contributed by atoms with Crippen LogP contribution in [0.5, 0.6) is 0 Å². The molecular formula is C16H23N3. The summed E-state index contributed by atoms with van der Waals surface area (Å²) in [7, 11) is 0. The zero-order valence-corrected chi connectivity index (χ0v) is 11.8. The van der Waals surface area contributed by atoms with E-state index in [0.29, 0.717) is 12.1 Å². The minimum Gasteiger partial charge on any atom is -0.361 e. The van der Waals surface area contributed by atoms with Crippen molar-refractivity contribution in [3.8, 4) is 0 Å². The first-order valence-corrected chi connectivity index (χ1v) is 7.28. The highest BCUT2D eigenvalue weighted by Crippen LogP contribution is 2.19. The van der Waals surface area contributed by atoms with Gasteiger partial charge < -0.3 is 10.3 Å². The number of H-pyrrole nitrogens is 1. The molecule has 1 fully saturated rings. The molecule has 102 valence electrons. The van der Waals surface area contributed by atoms with E-state index in [9.17, 15) is 0 Å². The molecule has 0 spiro atoms. The van der Waals surface area contributed by atoms with Crippen molar-refractivity contribution in [3.63, 3.8) is 0 Å². The third-order valence-corrected chi connectivity index (χ3v) is 4.51. The van der Waals surface area contributed by atoms with E-state index in [1.54, 1.807) is 0 Å². The maximum Gasteiger partial charge on any atom is 0.0456 e. The van der Waals surface area contributed by atoms with Crippen LogP contribution >= 0.6 is 0 Å². The Morgan fingerprint density at radius 2 is 2.11 bits per heavy atom. The molecule has 0 aliphatic carbocycles. The normalized spacial score (nSPS) is 24.9. The van der Waals surface area contributed by atoms with Crippen molar-refractivity contribution < 1.29 is 0 Å². The molecule has 1 aliphatic heterocycles. The van der Waals surface area contributed by atoms with Crippen LogP contribution in [-0.4, -0.2) is 41.6 Å². The minimum atomic E-state index is 0.594. The van der Waals surface area contributed by atoms with Gasteiger partial charge in [0.1, 0.15) is 0 Å². The molecule has 3 nitrogen and oxygen atoms in total. The number of nitrogens with one attached hydrogen (secondary N) is 2. The number of piperazine rings is 1. The number of para-hydroxylation sites is 1. The SMILES string of the molecule is CC1NCCN(CCc2c[nH]c3ccccc23)C1C. The zero-order valence-electron chi connectivity index (χ0n) is 11.8. The van der Waals surface area contributed by atoms with Crippen LogP contribution in [-0.2, 0) is 6.42 Å². The van der Waals surface area contributed by atoms with Crippen molar-refractivity contribution in [1.82, 2.24) is 15.2 Å². The number of hydrogen-bond donors (Lipinski definition) is 2. The van der Waals surface area contributed by atoms with Crippen molar-refractivity contribution in [2.24, 2.45) is 0 Å². The number of hydrogen-bond acceptors (Lipinski definition) is 2. The van der Waals surface area contributed by atoms with Gasteiger partial charge in [0, 0.05) is 48.8 Å². The Morgan fingerprint density at radius 1 is 1.26 bits per heavy atom. The van der Waals surface area contributed by atoms with Crippen LogP contribution in [0.4, 0.5) is 0 Å². The quantitative estimate of drug-likeness (QED) is 0.884. The summed E-state index contributed by atoms with van der Waals surface area (Å²) in [6.45, 7) is 8.02. The van der Waals surface area contributed by atoms with E-state index in [1.165, 1.54) is 16.5 Å². The van der Waals surface area contributed by atoms with Gasteiger partial charge in [0.25, 0.3) is 0 Å². The number of aromatic nitrogens is 1. The Kier molecular flexibility index (Phi) is 3.58. The molecule has 1 aliphatic rings. The monoisotopic (exact) mass is 257 g/mol. The number of fused-ring (bicyclic) bond motifs is 1. The fourth-order valence-electron chi connectivity index (χ4n) is 3.04. The highest BCUT2D eigenvalue weighted by Gasteiger charge is 2.23. The van der Waals surface area contributed by atoms with E-state index < -0.39 is 0 Å². The van der Waals surface area contributed by atoms with E-state index in [4.69, 9.17) is 0 Å². The molecule has 2 heterocycles. The van der Waals surface area contributed by atoms with E-state index >= 15 is 0 Å². The molecule has 3 rings (SSSR count). The van der Waals surface area contributed by atoms with Crippen LogP contribution in [0.3, 0.4) is 0 Å². The molecule has 0 bridgehead atoms. The first kappa shape index (κ1) is 12.7. The highest BCUT2D eigenvalue weighted by atomic mass is 15.2. The van der Waals surface area contributed by atoms with Gasteiger partial charge in [-0.15, -0.1) is 0 Å². The molecular weight excluding hydrogens is 234 g/mol. The molecule has 2 atom stereocenters. The van der Waals surface area contributed by atoms with Crippen molar-refractivity contribution >= 4 is 10.9 Å². The van der Waals surface area contributed by atoms with Crippen LogP contribution in [0.15, 0.2) is 30.5 Å². The second-order valence-electron chi connectivity index (χ2n) is 5.63. The smallest absolute Gasteiger partial charge is 0.0456 e. The van der Waals surface area contributed by atoms with Gasteiger partial charge in [-0.2, -0.15) is 0 Å². The molecule has 1 aromatic carbocycles. The third kappa shape index (κ3) is 2.53. The first-order valence-electron chi connectivity index (χ1n) is 7.28. The zero-order chi connectivity index (χ0) is 13.2. The lowest BCUT2D eigenvalue weighted by Gasteiger charge is -2.38. The molecule has 2 N–H and O–H groups in total. The molecule has 19 heavy (non-hydrogen) atoms. The van der Waals surface area contributed by atoms with Crippen molar-refractivity contribution in [2.75, 3.05) is 19.6 Å². The van der Waals surface area contributed by atoms with Gasteiger partial charge in [-0.1, -0.05) is 18.2 Å². The van der Waals surface area contributed by atoms with Gasteiger partial charge in [0.2, 0.25) is 0 Å². The molecule has 0 radical (unpaired) electrons. The lowest BCUT2D eigenvalue weighted by Crippen LogP contribution is -2.55. The molecule has 3 heteroatoms. The summed E-state index contributed by atoms with van der Waals surface area (Å²) in [6, 6.07) is 9.78. The Morgan fingerprint density at radius 3 is 3.00 bits per heavy atom. The average Bonchev–Trinajstić information content (AvgIpc) is 2.84. The van der Waals surface area contributed by atoms with Crippen LogP contribution in [0, 0.1) is 0 Å². The predicted octanol–water partition coefficient (Wildman–Crippen LogP) is 2.39. The maximum atomic E-state index is 3.54. The summed E-state index contributed by atoms with van der Waals surface area (Å²) in [5.74, 6) is 0. The second-order valence-corrected chi connectivity index (χ2v) is 5.63. The minimum absolute atomic E-state index is 0.594. The Bertz CT molecular complexity index is 546. The van der Waals surface area contributed by atoms with E-state index in [2.05, 4.69) is 59.5 Å². The number of aromatic amines is 1. The summed E-state index contributed by atoms with van der Waals surface area (Å²) >= 11 is 0. The van der Waals surface area contributed by atoms with E-state index in [-0.39, 0.29) is 0 Å². The summed E-state index contributed by atoms with van der Waals surface area (Å²) in [6.07, 6.45) is 3.29. The molecule has 2 unspecified atom stereocenters. The number of rotatable bonds is 3. The van der Waals surface area contributed by atoms with Crippen LogP contribution in [0.2, 0.25) is 0 Å². The number of nitrogens with zero attached hydrogens (tertiary/aromatic N) is 1. The summed E-state index contributed by atoms with van der Waals surface area (Å²) < 4.78 is 0. The average molecular weight is 257 g/mol. The molecule has 2 aromatic rings. The highest BCUT2D eigenvalue weighted by molar-refractivity contribution is 5.83. The second kappa shape index (κ2) is 5.35. The Labute approximate surface area is 115 Å². The van der Waals surface area contributed by atoms with E-state index in [0.717, 1.165) is 26.1 Å². The molecule has 0 saturated carbocycles. The molecule has 1 aromatic heterocycles.